The molecular formula is C13H20N6O. The Morgan fingerprint density at radius 2 is 2.00 bits per heavy atom. The van der Waals surface area contributed by atoms with E-state index in [1.807, 2.05) is 30.8 Å². The van der Waals surface area contributed by atoms with E-state index in [1.165, 1.54) is 0 Å². The topological polar surface area (TPSA) is 76.9 Å². The van der Waals surface area contributed by atoms with Crippen molar-refractivity contribution in [1.82, 2.24) is 19.5 Å². The second-order valence-electron chi connectivity index (χ2n) is 4.33. The Morgan fingerprint density at radius 3 is 2.60 bits per heavy atom. The van der Waals surface area contributed by atoms with Crippen LogP contribution in [0.1, 0.15) is 18.6 Å². The lowest BCUT2D eigenvalue weighted by Crippen LogP contribution is -2.10. The highest BCUT2D eigenvalue weighted by atomic mass is 16.5. The first-order valence-corrected chi connectivity index (χ1v) is 6.53. The summed E-state index contributed by atoms with van der Waals surface area (Å²) in [7, 11) is 3.59. The molecule has 0 amide bonds. The number of anilines is 2. The van der Waals surface area contributed by atoms with Gasteiger partial charge in [0.15, 0.2) is 5.82 Å². The minimum absolute atomic E-state index is 0.385. The second kappa shape index (κ2) is 6.85. The third kappa shape index (κ3) is 3.67. The zero-order chi connectivity index (χ0) is 14.4. The molecule has 0 bridgehead atoms. The SMILES string of the molecule is CCNc1cc(NCc2nccn2C)nc(COC)n1. The molecule has 0 aliphatic carbocycles. The average molecular weight is 276 g/mol. The van der Waals surface area contributed by atoms with Crippen LogP contribution < -0.4 is 10.6 Å². The second-order valence-corrected chi connectivity index (χ2v) is 4.33. The Balaban J connectivity index is 2.11. The Morgan fingerprint density at radius 1 is 1.25 bits per heavy atom. The van der Waals surface area contributed by atoms with E-state index in [4.69, 9.17) is 4.74 Å². The highest BCUT2D eigenvalue weighted by molar-refractivity contribution is 5.47. The Bertz CT molecular complexity index is 529. The van der Waals surface area contributed by atoms with E-state index >= 15 is 0 Å². The van der Waals surface area contributed by atoms with Crippen LogP contribution >= 0.6 is 0 Å². The summed E-state index contributed by atoms with van der Waals surface area (Å²) < 4.78 is 7.06. The molecule has 108 valence electrons. The van der Waals surface area contributed by atoms with Crippen molar-refractivity contribution in [3.05, 3.63) is 30.1 Å². The van der Waals surface area contributed by atoms with Crippen molar-refractivity contribution < 1.29 is 4.74 Å². The van der Waals surface area contributed by atoms with Crippen LogP contribution in [-0.2, 0) is 24.9 Å². The molecule has 0 fully saturated rings. The number of aryl methyl sites for hydroxylation is 1. The molecule has 0 aliphatic heterocycles. The van der Waals surface area contributed by atoms with Gasteiger partial charge in [-0.2, -0.15) is 0 Å². The molecular weight excluding hydrogens is 256 g/mol. The number of hydrogen-bond acceptors (Lipinski definition) is 6. The predicted octanol–water partition coefficient (Wildman–Crippen LogP) is 1.40. The molecule has 0 saturated heterocycles. The fourth-order valence-corrected chi connectivity index (χ4v) is 1.79. The molecule has 20 heavy (non-hydrogen) atoms. The van der Waals surface area contributed by atoms with Crippen molar-refractivity contribution in [2.45, 2.75) is 20.1 Å². The van der Waals surface area contributed by atoms with Crippen molar-refractivity contribution in [2.75, 3.05) is 24.3 Å². The van der Waals surface area contributed by atoms with E-state index in [-0.39, 0.29) is 0 Å². The van der Waals surface area contributed by atoms with Gasteiger partial charge in [-0.25, -0.2) is 15.0 Å². The highest BCUT2D eigenvalue weighted by Crippen LogP contribution is 2.12. The van der Waals surface area contributed by atoms with Crippen LogP contribution in [0.3, 0.4) is 0 Å². The van der Waals surface area contributed by atoms with Crippen molar-refractivity contribution >= 4 is 11.6 Å². The number of methoxy groups -OCH3 is 1. The first-order valence-electron chi connectivity index (χ1n) is 6.53. The third-order valence-electron chi connectivity index (χ3n) is 2.75. The molecule has 2 aromatic heterocycles. The summed E-state index contributed by atoms with van der Waals surface area (Å²) in [4.78, 5) is 13.0. The maximum Gasteiger partial charge on any atom is 0.158 e. The average Bonchev–Trinajstić information content (AvgIpc) is 2.83. The number of nitrogens with one attached hydrogen (secondary N) is 2. The summed E-state index contributed by atoms with van der Waals surface area (Å²) in [5.41, 5.74) is 0. The summed E-state index contributed by atoms with van der Waals surface area (Å²) in [5, 5.41) is 6.44. The number of hydrogen-bond donors (Lipinski definition) is 2. The number of nitrogens with zero attached hydrogens (tertiary/aromatic N) is 4. The lowest BCUT2D eigenvalue weighted by molar-refractivity contribution is 0.178. The maximum atomic E-state index is 5.09. The van der Waals surface area contributed by atoms with E-state index in [9.17, 15) is 0 Å². The van der Waals surface area contributed by atoms with E-state index in [2.05, 4.69) is 25.6 Å². The van der Waals surface area contributed by atoms with Crippen LogP contribution in [0.4, 0.5) is 11.6 Å². The van der Waals surface area contributed by atoms with Gasteiger partial charge in [-0.05, 0) is 6.92 Å². The molecule has 7 heteroatoms. The largest absolute Gasteiger partial charge is 0.377 e. The summed E-state index contributed by atoms with van der Waals surface area (Å²) in [6.07, 6.45) is 3.69. The van der Waals surface area contributed by atoms with Crippen LogP contribution in [0.15, 0.2) is 18.5 Å². The van der Waals surface area contributed by atoms with E-state index in [0.29, 0.717) is 19.0 Å². The van der Waals surface area contributed by atoms with Gasteiger partial charge in [0.1, 0.15) is 24.1 Å². The van der Waals surface area contributed by atoms with E-state index in [1.54, 1.807) is 13.3 Å². The van der Waals surface area contributed by atoms with Crippen LogP contribution in [0.5, 0.6) is 0 Å². The smallest absolute Gasteiger partial charge is 0.158 e. The zero-order valence-electron chi connectivity index (χ0n) is 12.1. The van der Waals surface area contributed by atoms with E-state index in [0.717, 1.165) is 24.0 Å². The summed E-state index contributed by atoms with van der Waals surface area (Å²) in [5.74, 6) is 3.14. The Labute approximate surface area is 118 Å². The van der Waals surface area contributed by atoms with Gasteiger partial charge in [0.2, 0.25) is 0 Å². The van der Waals surface area contributed by atoms with Gasteiger partial charge in [-0.1, -0.05) is 0 Å². The van der Waals surface area contributed by atoms with Crippen molar-refractivity contribution in [2.24, 2.45) is 7.05 Å². The lowest BCUT2D eigenvalue weighted by Gasteiger charge is -2.10. The van der Waals surface area contributed by atoms with Crippen molar-refractivity contribution in [3.63, 3.8) is 0 Å². The fraction of sp³-hybridized carbons (Fsp3) is 0.462. The molecule has 0 unspecified atom stereocenters. The van der Waals surface area contributed by atoms with Gasteiger partial charge in [0.05, 0.1) is 6.54 Å². The molecule has 0 aromatic carbocycles. The van der Waals surface area contributed by atoms with Crippen LogP contribution in [0.25, 0.3) is 0 Å². The monoisotopic (exact) mass is 276 g/mol. The molecule has 0 spiro atoms. The van der Waals surface area contributed by atoms with Gasteiger partial charge < -0.3 is 19.9 Å². The minimum atomic E-state index is 0.385. The normalized spacial score (nSPS) is 10.6. The van der Waals surface area contributed by atoms with Gasteiger partial charge in [0.25, 0.3) is 0 Å². The van der Waals surface area contributed by atoms with Crippen molar-refractivity contribution in [3.8, 4) is 0 Å². The summed E-state index contributed by atoms with van der Waals surface area (Å²) >= 11 is 0. The Kier molecular flexibility index (Phi) is 4.89. The highest BCUT2D eigenvalue weighted by Gasteiger charge is 2.05. The van der Waals surface area contributed by atoms with Gasteiger partial charge in [-0.3, -0.25) is 0 Å². The molecule has 2 heterocycles. The number of rotatable bonds is 7. The minimum Gasteiger partial charge on any atom is -0.377 e. The zero-order valence-corrected chi connectivity index (χ0v) is 12.1. The lowest BCUT2D eigenvalue weighted by atomic mass is 10.4. The molecule has 0 saturated carbocycles. The van der Waals surface area contributed by atoms with Crippen LogP contribution in [-0.4, -0.2) is 33.2 Å². The standard InChI is InChI=1S/C13H20N6O/c1-4-14-10-7-11(18-12(17-10)9-20-3)16-8-13-15-5-6-19(13)2/h5-7H,4,8-9H2,1-3H3,(H2,14,16,17,18). The fourth-order valence-electron chi connectivity index (χ4n) is 1.79. The van der Waals surface area contributed by atoms with Gasteiger partial charge in [0, 0.05) is 39.2 Å². The van der Waals surface area contributed by atoms with Crippen LogP contribution in [0, 0.1) is 0 Å². The number of aromatic nitrogens is 4. The van der Waals surface area contributed by atoms with E-state index < -0.39 is 0 Å². The van der Waals surface area contributed by atoms with Crippen molar-refractivity contribution in [1.29, 1.82) is 0 Å². The first-order chi connectivity index (χ1) is 9.72. The predicted molar refractivity (Wildman–Crippen MR) is 77.4 cm³/mol. The van der Waals surface area contributed by atoms with Crippen LogP contribution in [0.2, 0.25) is 0 Å². The maximum absolute atomic E-state index is 5.09. The third-order valence-corrected chi connectivity index (χ3v) is 2.75. The van der Waals surface area contributed by atoms with Gasteiger partial charge in [-0.15, -0.1) is 0 Å². The molecule has 0 radical (unpaired) electrons. The number of imidazole rings is 1. The molecule has 7 nitrogen and oxygen atoms in total. The number of ether oxygens (including phenoxy) is 1. The van der Waals surface area contributed by atoms with Gasteiger partial charge >= 0.3 is 0 Å². The molecule has 0 aliphatic rings. The Hall–Kier alpha value is -2.15. The molecule has 2 aromatic rings. The first kappa shape index (κ1) is 14.3. The summed E-state index contributed by atoms with van der Waals surface area (Å²) in [6.45, 7) is 3.83. The molecule has 0 atom stereocenters. The molecule has 2 rings (SSSR count). The summed E-state index contributed by atoms with van der Waals surface area (Å²) in [6, 6.07) is 1.88. The quantitative estimate of drug-likeness (QED) is 0.796. The molecule has 2 N–H and O–H groups in total.